The molecule has 0 spiro atoms. The second kappa shape index (κ2) is 4.91. The van der Waals surface area contributed by atoms with E-state index in [1.54, 1.807) is 6.92 Å². The molecular formula is C12H18N4O3. The van der Waals surface area contributed by atoms with E-state index < -0.39 is 16.9 Å². The number of rotatable bonds is 3. The first kappa shape index (κ1) is 13.4. The van der Waals surface area contributed by atoms with Crippen molar-refractivity contribution in [2.75, 3.05) is 11.1 Å². The Labute approximate surface area is 110 Å². The lowest BCUT2D eigenvalue weighted by Crippen LogP contribution is -2.47. The average Bonchev–Trinajstić information content (AvgIpc) is 2.37. The predicted octanol–water partition coefficient (Wildman–Crippen LogP) is 0.798. The third-order valence-electron chi connectivity index (χ3n) is 3.90. The first-order valence-corrected chi connectivity index (χ1v) is 6.28. The highest BCUT2D eigenvalue weighted by Gasteiger charge is 2.43. The molecule has 5 N–H and O–H groups in total. The molecule has 1 heterocycles. The van der Waals surface area contributed by atoms with Gasteiger partial charge < -0.3 is 21.1 Å². The molecule has 0 aliphatic heterocycles. The van der Waals surface area contributed by atoms with E-state index in [1.165, 1.54) is 6.33 Å². The zero-order valence-electron chi connectivity index (χ0n) is 10.8. The van der Waals surface area contributed by atoms with Gasteiger partial charge in [0.2, 0.25) is 0 Å². The molecule has 7 nitrogen and oxygen atoms in total. The summed E-state index contributed by atoms with van der Waals surface area (Å²) in [6.07, 6.45) is 4.41. The van der Waals surface area contributed by atoms with Gasteiger partial charge >= 0.3 is 5.97 Å². The fourth-order valence-electron chi connectivity index (χ4n) is 2.51. The van der Waals surface area contributed by atoms with Crippen molar-refractivity contribution >= 4 is 17.5 Å². The van der Waals surface area contributed by atoms with Crippen LogP contribution >= 0.6 is 0 Å². The Bertz CT molecular complexity index is 542. The maximum Gasteiger partial charge on any atom is 0.311 e. The van der Waals surface area contributed by atoms with Crippen LogP contribution in [0, 0.1) is 5.41 Å². The lowest BCUT2D eigenvalue weighted by molar-refractivity contribution is -0.150. The maximum absolute atomic E-state index is 11.5. The van der Waals surface area contributed by atoms with Gasteiger partial charge in [0.25, 0.3) is 5.56 Å². The summed E-state index contributed by atoms with van der Waals surface area (Å²) in [6, 6.07) is -0.282. The summed E-state index contributed by atoms with van der Waals surface area (Å²) < 4.78 is 0. The summed E-state index contributed by atoms with van der Waals surface area (Å²) >= 11 is 0. The highest BCUT2D eigenvalue weighted by Crippen LogP contribution is 2.38. The molecule has 1 fully saturated rings. The SMILES string of the molecule is CC1(C(=O)O)CCCCC1Nc1nc[nH]c(=O)c1N. The molecule has 2 unspecified atom stereocenters. The minimum atomic E-state index is -0.866. The summed E-state index contributed by atoms with van der Waals surface area (Å²) in [4.78, 5) is 29.2. The third-order valence-corrected chi connectivity index (χ3v) is 3.90. The average molecular weight is 266 g/mol. The van der Waals surface area contributed by atoms with Crippen molar-refractivity contribution in [2.45, 2.75) is 38.6 Å². The van der Waals surface area contributed by atoms with E-state index in [-0.39, 0.29) is 17.5 Å². The number of aromatic nitrogens is 2. The fraction of sp³-hybridized carbons (Fsp3) is 0.583. The van der Waals surface area contributed by atoms with Gasteiger partial charge in [-0.3, -0.25) is 9.59 Å². The van der Waals surface area contributed by atoms with Gasteiger partial charge in [-0.2, -0.15) is 0 Å². The molecule has 0 amide bonds. The van der Waals surface area contributed by atoms with Gasteiger partial charge in [-0.1, -0.05) is 12.8 Å². The second-order valence-electron chi connectivity index (χ2n) is 5.16. The number of nitrogen functional groups attached to an aromatic ring is 1. The normalized spacial score (nSPS) is 26.9. The number of aliphatic carboxylic acids is 1. The maximum atomic E-state index is 11.5. The first-order chi connectivity index (χ1) is 8.95. The molecule has 0 aromatic carbocycles. The number of carboxylic acid groups (broad SMARTS) is 1. The number of carboxylic acids is 1. The van der Waals surface area contributed by atoms with Crippen LogP contribution in [0.4, 0.5) is 11.5 Å². The molecule has 19 heavy (non-hydrogen) atoms. The molecule has 1 aliphatic carbocycles. The summed E-state index contributed by atoms with van der Waals surface area (Å²) in [7, 11) is 0. The van der Waals surface area contributed by atoms with E-state index in [0.717, 1.165) is 19.3 Å². The van der Waals surface area contributed by atoms with Gasteiger partial charge in [0.05, 0.1) is 11.7 Å². The van der Waals surface area contributed by atoms with E-state index in [2.05, 4.69) is 15.3 Å². The highest BCUT2D eigenvalue weighted by molar-refractivity contribution is 5.76. The van der Waals surface area contributed by atoms with Crippen LogP contribution in [0.1, 0.15) is 32.6 Å². The number of aromatic amines is 1. The van der Waals surface area contributed by atoms with Crippen molar-refractivity contribution in [1.29, 1.82) is 0 Å². The van der Waals surface area contributed by atoms with Crippen LogP contribution in [0.25, 0.3) is 0 Å². The van der Waals surface area contributed by atoms with E-state index in [9.17, 15) is 14.7 Å². The number of H-pyrrole nitrogens is 1. The topological polar surface area (TPSA) is 121 Å². The summed E-state index contributed by atoms with van der Waals surface area (Å²) in [6.45, 7) is 1.72. The van der Waals surface area contributed by atoms with E-state index >= 15 is 0 Å². The number of nitrogens with two attached hydrogens (primary N) is 1. The Morgan fingerprint density at radius 2 is 2.37 bits per heavy atom. The molecule has 2 rings (SSSR count). The monoisotopic (exact) mass is 266 g/mol. The Hall–Kier alpha value is -2.05. The van der Waals surface area contributed by atoms with Crippen molar-refractivity contribution in [3.8, 4) is 0 Å². The molecule has 0 radical (unpaired) electrons. The number of hydrogen-bond donors (Lipinski definition) is 4. The molecule has 1 aromatic rings. The number of nitrogens with one attached hydrogen (secondary N) is 2. The quantitative estimate of drug-likeness (QED) is 0.642. The van der Waals surface area contributed by atoms with E-state index in [0.29, 0.717) is 6.42 Å². The van der Waals surface area contributed by atoms with Crippen LogP contribution in [0.5, 0.6) is 0 Å². The number of hydrogen-bond acceptors (Lipinski definition) is 5. The lowest BCUT2D eigenvalue weighted by Gasteiger charge is -2.38. The van der Waals surface area contributed by atoms with Crippen LogP contribution < -0.4 is 16.6 Å². The van der Waals surface area contributed by atoms with Crippen LogP contribution in [0.2, 0.25) is 0 Å². The Kier molecular flexibility index (Phi) is 3.46. The van der Waals surface area contributed by atoms with Crippen LogP contribution in [0.3, 0.4) is 0 Å². The Morgan fingerprint density at radius 1 is 1.63 bits per heavy atom. The zero-order chi connectivity index (χ0) is 14.0. The Balaban J connectivity index is 2.28. The first-order valence-electron chi connectivity index (χ1n) is 6.28. The van der Waals surface area contributed by atoms with Gasteiger partial charge in [0, 0.05) is 6.04 Å². The number of carbonyl (C=O) groups is 1. The number of nitrogens with zero attached hydrogens (tertiary/aromatic N) is 1. The molecule has 1 aliphatic rings. The molecule has 7 heteroatoms. The standard InChI is InChI=1S/C12H18N4O3/c1-12(11(18)19)5-3-2-4-7(12)16-9-8(13)10(17)15-6-14-9/h6-7H,2-5,13H2,1H3,(H,18,19)(H2,14,15,16,17). The minimum Gasteiger partial charge on any atom is -0.481 e. The van der Waals surface area contributed by atoms with Gasteiger partial charge in [-0.25, -0.2) is 4.98 Å². The third kappa shape index (κ3) is 2.40. The molecule has 104 valence electrons. The molecule has 1 saturated carbocycles. The van der Waals surface area contributed by atoms with Crippen LogP contribution in [-0.4, -0.2) is 27.1 Å². The van der Waals surface area contributed by atoms with Crippen molar-refractivity contribution in [2.24, 2.45) is 5.41 Å². The minimum absolute atomic E-state index is 0.0131. The molecular weight excluding hydrogens is 248 g/mol. The largest absolute Gasteiger partial charge is 0.481 e. The van der Waals surface area contributed by atoms with Gasteiger partial charge in [0.15, 0.2) is 5.82 Å². The zero-order valence-corrected chi connectivity index (χ0v) is 10.8. The van der Waals surface area contributed by atoms with Gasteiger partial charge in [-0.05, 0) is 19.8 Å². The summed E-state index contributed by atoms with van der Waals surface area (Å²) in [5.41, 5.74) is 4.34. The van der Waals surface area contributed by atoms with Crippen molar-refractivity contribution in [3.05, 3.63) is 16.7 Å². The number of anilines is 2. The summed E-state index contributed by atoms with van der Waals surface area (Å²) in [5, 5.41) is 12.4. The van der Waals surface area contributed by atoms with Gasteiger partial charge in [-0.15, -0.1) is 0 Å². The highest BCUT2D eigenvalue weighted by atomic mass is 16.4. The second-order valence-corrected chi connectivity index (χ2v) is 5.16. The smallest absolute Gasteiger partial charge is 0.311 e. The van der Waals surface area contributed by atoms with E-state index in [4.69, 9.17) is 5.73 Å². The van der Waals surface area contributed by atoms with E-state index in [1.807, 2.05) is 0 Å². The van der Waals surface area contributed by atoms with Crippen molar-refractivity contribution in [3.63, 3.8) is 0 Å². The van der Waals surface area contributed by atoms with Crippen molar-refractivity contribution in [1.82, 2.24) is 9.97 Å². The Morgan fingerprint density at radius 3 is 3.05 bits per heavy atom. The van der Waals surface area contributed by atoms with Crippen LogP contribution in [-0.2, 0) is 4.79 Å². The molecule has 1 aromatic heterocycles. The molecule has 2 atom stereocenters. The van der Waals surface area contributed by atoms with Crippen molar-refractivity contribution < 1.29 is 9.90 Å². The lowest BCUT2D eigenvalue weighted by atomic mass is 9.71. The fourth-order valence-corrected chi connectivity index (χ4v) is 2.51. The molecule has 0 saturated heterocycles. The summed E-state index contributed by atoms with van der Waals surface area (Å²) in [5.74, 6) is -0.587. The predicted molar refractivity (Wildman–Crippen MR) is 70.9 cm³/mol. The van der Waals surface area contributed by atoms with Gasteiger partial charge in [0.1, 0.15) is 5.69 Å². The van der Waals surface area contributed by atoms with Crippen LogP contribution in [0.15, 0.2) is 11.1 Å². The molecule has 0 bridgehead atoms.